The van der Waals surface area contributed by atoms with E-state index in [0.29, 0.717) is 26.1 Å². The Bertz CT molecular complexity index is 1040. The number of ether oxygens (including phenoxy) is 1. The minimum atomic E-state index is -0.310. The first-order valence-corrected chi connectivity index (χ1v) is 9.46. The summed E-state index contributed by atoms with van der Waals surface area (Å²) in [5.74, 6) is -0.310. The molecule has 0 radical (unpaired) electrons. The molecule has 0 atom stereocenters. The molecule has 0 bridgehead atoms. The van der Waals surface area contributed by atoms with Gasteiger partial charge in [0.05, 0.1) is 24.5 Å². The number of carbonyl (C=O) groups is 1. The normalized spacial score (nSPS) is 10.9. The first-order valence-electron chi connectivity index (χ1n) is 9.46. The van der Waals surface area contributed by atoms with E-state index in [-0.39, 0.29) is 17.2 Å². The van der Waals surface area contributed by atoms with Crippen LogP contribution in [0.2, 0.25) is 0 Å². The van der Waals surface area contributed by atoms with Crippen LogP contribution in [0.25, 0.3) is 5.69 Å². The molecular formula is C21H25N5O3. The van der Waals surface area contributed by atoms with Gasteiger partial charge in [0.2, 0.25) is 0 Å². The summed E-state index contributed by atoms with van der Waals surface area (Å²) in [6.45, 7) is 5.12. The van der Waals surface area contributed by atoms with Gasteiger partial charge in [-0.1, -0.05) is 12.1 Å². The molecule has 0 saturated heterocycles. The summed E-state index contributed by atoms with van der Waals surface area (Å²) < 4.78 is 8.09. The van der Waals surface area contributed by atoms with Crippen LogP contribution < -0.4 is 10.9 Å². The first-order chi connectivity index (χ1) is 14.0. The van der Waals surface area contributed by atoms with Gasteiger partial charge in [-0.3, -0.25) is 9.59 Å². The second-order valence-electron chi connectivity index (χ2n) is 6.78. The van der Waals surface area contributed by atoms with Crippen molar-refractivity contribution in [3.8, 4) is 5.69 Å². The molecule has 2 aromatic heterocycles. The molecule has 1 N–H and O–H groups in total. The zero-order valence-corrected chi connectivity index (χ0v) is 16.9. The summed E-state index contributed by atoms with van der Waals surface area (Å²) in [5.41, 5.74) is 4.12. The molecule has 0 unspecified atom stereocenters. The van der Waals surface area contributed by atoms with Crippen LogP contribution >= 0.6 is 0 Å². The van der Waals surface area contributed by atoms with Gasteiger partial charge in [0.15, 0.2) is 0 Å². The minimum absolute atomic E-state index is 0.209. The van der Waals surface area contributed by atoms with Crippen molar-refractivity contribution in [3.05, 3.63) is 75.5 Å². The van der Waals surface area contributed by atoms with Gasteiger partial charge in [0.25, 0.3) is 11.5 Å². The lowest BCUT2D eigenvalue weighted by molar-refractivity contribution is 0.0945. The van der Waals surface area contributed by atoms with E-state index in [1.165, 1.54) is 16.8 Å². The highest BCUT2D eigenvalue weighted by molar-refractivity contribution is 5.91. The van der Waals surface area contributed by atoms with E-state index < -0.39 is 0 Å². The van der Waals surface area contributed by atoms with Gasteiger partial charge in [-0.05, 0) is 50.1 Å². The summed E-state index contributed by atoms with van der Waals surface area (Å²) in [4.78, 5) is 24.1. The molecule has 0 spiro atoms. The predicted octanol–water partition coefficient (Wildman–Crippen LogP) is 1.66. The van der Waals surface area contributed by atoms with Crippen LogP contribution in [-0.4, -0.2) is 45.7 Å². The van der Waals surface area contributed by atoms with Crippen LogP contribution in [0.5, 0.6) is 0 Å². The molecule has 0 aliphatic heterocycles. The molecule has 1 amide bonds. The number of hydrogen-bond donors (Lipinski definition) is 1. The Labute approximate surface area is 169 Å². The number of amides is 1. The molecule has 0 aliphatic rings. The van der Waals surface area contributed by atoms with Crippen LogP contribution in [-0.2, 0) is 17.7 Å². The highest BCUT2D eigenvalue weighted by Gasteiger charge is 2.09. The number of nitrogens with zero attached hydrogens (tertiary/aromatic N) is 4. The van der Waals surface area contributed by atoms with Gasteiger partial charge in [0.1, 0.15) is 5.69 Å². The van der Waals surface area contributed by atoms with Crippen molar-refractivity contribution in [2.24, 2.45) is 0 Å². The maximum Gasteiger partial charge on any atom is 0.271 e. The SMILES string of the molecule is COCCn1nc(C(=O)NCCc2ccc(-n3nc(C)cc3C)cc2)ccc1=O. The number of benzene rings is 1. The zero-order valence-electron chi connectivity index (χ0n) is 16.9. The van der Waals surface area contributed by atoms with Crippen LogP contribution in [0, 0.1) is 13.8 Å². The topological polar surface area (TPSA) is 91.0 Å². The quantitative estimate of drug-likeness (QED) is 0.626. The summed E-state index contributed by atoms with van der Waals surface area (Å²) in [7, 11) is 1.55. The molecule has 0 aliphatic carbocycles. The van der Waals surface area contributed by atoms with Gasteiger partial charge in [-0.2, -0.15) is 10.2 Å². The average molecular weight is 395 g/mol. The molecular weight excluding hydrogens is 370 g/mol. The van der Waals surface area contributed by atoms with Gasteiger partial charge >= 0.3 is 0 Å². The molecule has 8 heteroatoms. The summed E-state index contributed by atoms with van der Waals surface area (Å²) >= 11 is 0. The van der Waals surface area contributed by atoms with Gasteiger partial charge < -0.3 is 10.1 Å². The number of aromatic nitrogens is 4. The molecule has 3 aromatic rings. The molecule has 0 saturated carbocycles. The third-order valence-corrected chi connectivity index (χ3v) is 4.50. The largest absolute Gasteiger partial charge is 0.383 e. The Hall–Kier alpha value is -3.26. The monoisotopic (exact) mass is 395 g/mol. The van der Waals surface area contributed by atoms with Crippen LogP contribution in [0.1, 0.15) is 27.4 Å². The number of aryl methyl sites for hydroxylation is 2. The van der Waals surface area contributed by atoms with Crippen LogP contribution in [0.3, 0.4) is 0 Å². The van der Waals surface area contributed by atoms with E-state index in [4.69, 9.17) is 4.74 Å². The third kappa shape index (κ3) is 5.17. The highest BCUT2D eigenvalue weighted by atomic mass is 16.5. The van der Waals surface area contributed by atoms with E-state index in [0.717, 1.165) is 22.6 Å². The Morgan fingerprint density at radius 3 is 2.52 bits per heavy atom. The Balaban J connectivity index is 1.56. The second kappa shape index (κ2) is 9.29. The zero-order chi connectivity index (χ0) is 20.8. The third-order valence-electron chi connectivity index (χ3n) is 4.50. The van der Waals surface area contributed by atoms with Crippen molar-refractivity contribution in [3.63, 3.8) is 0 Å². The fourth-order valence-corrected chi connectivity index (χ4v) is 3.01. The van der Waals surface area contributed by atoms with Crippen molar-refractivity contribution in [1.82, 2.24) is 24.9 Å². The molecule has 29 heavy (non-hydrogen) atoms. The molecule has 2 heterocycles. The Morgan fingerprint density at radius 1 is 1.10 bits per heavy atom. The van der Waals surface area contributed by atoms with Crippen molar-refractivity contribution in [2.75, 3.05) is 20.3 Å². The molecule has 1 aromatic carbocycles. The van der Waals surface area contributed by atoms with Gasteiger partial charge in [-0.25, -0.2) is 9.36 Å². The number of methoxy groups -OCH3 is 1. The number of hydrogen-bond acceptors (Lipinski definition) is 5. The van der Waals surface area contributed by atoms with Crippen molar-refractivity contribution in [1.29, 1.82) is 0 Å². The average Bonchev–Trinajstić information content (AvgIpc) is 3.05. The summed E-state index contributed by atoms with van der Waals surface area (Å²) in [6.07, 6.45) is 0.687. The maximum atomic E-state index is 12.3. The van der Waals surface area contributed by atoms with E-state index in [1.807, 2.05) is 48.9 Å². The van der Waals surface area contributed by atoms with Crippen molar-refractivity contribution < 1.29 is 9.53 Å². The molecule has 3 rings (SSSR count). The lowest BCUT2D eigenvalue weighted by Crippen LogP contribution is -2.31. The van der Waals surface area contributed by atoms with E-state index in [1.54, 1.807) is 7.11 Å². The summed E-state index contributed by atoms with van der Waals surface area (Å²) in [5, 5.41) is 11.4. The number of nitrogens with one attached hydrogen (secondary N) is 1. The fourth-order valence-electron chi connectivity index (χ4n) is 3.01. The van der Waals surface area contributed by atoms with Crippen molar-refractivity contribution in [2.45, 2.75) is 26.8 Å². The van der Waals surface area contributed by atoms with Gasteiger partial charge in [0, 0.05) is 25.4 Å². The lowest BCUT2D eigenvalue weighted by atomic mass is 10.1. The Kier molecular flexibility index (Phi) is 6.56. The molecule has 152 valence electrons. The van der Waals surface area contributed by atoms with E-state index in [2.05, 4.69) is 15.5 Å². The standard InChI is InChI=1S/C21H25N5O3/c1-15-14-16(2)26(23-15)18-6-4-17(5-7-18)10-11-22-21(28)19-8-9-20(27)25(24-19)12-13-29-3/h4-9,14H,10-13H2,1-3H3,(H,22,28). The maximum absolute atomic E-state index is 12.3. The molecule has 0 fully saturated rings. The number of rotatable bonds is 8. The fraction of sp³-hybridized carbons (Fsp3) is 0.333. The van der Waals surface area contributed by atoms with E-state index in [9.17, 15) is 9.59 Å². The smallest absolute Gasteiger partial charge is 0.271 e. The predicted molar refractivity (Wildman–Crippen MR) is 109 cm³/mol. The lowest BCUT2D eigenvalue weighted by Gasteiger charge is -2.09. The highest BCUT2D eigenvalue weighted by Crippen LogP contribution is 2.13. The number of carbonyl (C=O) groups excluding carboxylic acids is 1. The van der Waals surface area contributed by atoms with Crippen molar-refractivity contribution >= 4 is 5.91 Å². The molecule has 8 nitrogen and oxygen atoms in total. The first kappa shape index (κ1) is 20.5. The summed E-state index contributed by atoms with van der Waals surface area (Å²) in [6, 6.07) is 12.9. The van der Waals surface area contributed by atoms with Gasteiger partial charge in [-0.15, -0.1) is 0 Å². The van der Waals surface area contributed by atoms with Crippen LogP contribution in [0.15, 0.2) is 47.3 Å². The van der Waals surface area contributed by atoms with Crippen LogP contribution in [0.4, 0.5) is 0 Å². The minimum Gasteiger partial charge on any atom is -0.383 e. The Morgan fingerprint density at radius 2 is 1.86 bits per heavy atom. The second-order valence-corrected chi connectivity index (χ2v) is 6.78. The van der Waals surface area contributed by atoms with E-state index >= 15 is 0 Å².